The molecule has 24 heavy (non-hydrogen) atoms. The first-order valence-electron chi connectivity index (χ1n) is 9.02. The van der Waals surface area contributed by atoms with Crippen LogP contribution in [0.1, 0.15) is 47.0 Å². The highest BCUT2D eigenvalue weighted by Gasteiger charge is 2.49. The zero-order chi connectivity index (χ0) is 18.1. The Bertz CT molecular complexity index is 498. The fourth-order valence-corrected chi connectivity index (χ4v) is 4.01. The Morgan fingerprint density at radius 1 is 1.38 bits per heavy atom. The smallest absolute Gasteiger partial charge is 0.107 e. The number of hydrogen-bond acceptors (Lipinski definition) is 5. The van der Waals surface area contributed by atoms with Crippen LogP contribution in [0.4, 0.5) is 0 Å². The molecule has 0 unspecified atom stereocenters. The summed E-state index contributed by atoms with van der Waals surface area (Å²) in [5, 5.41) is 40.6. The van der Waals surface area contributed by atoms with E-state index in [1.165, 1.54) is 0 Å². The molecule has 2 heterocycles. The molecule has 2 aliphatic rings. The maximum absolute atomic E-state index is 10.7. The molecule has 0 radical (unpaired) electrons. The van der Waals surface area contributed by atoms with Crippen LogP contribution >= 0.6 is 0 Å². The van der Waals surface area contributed by atoms with Crippen LogP contribution in [0.3, 0.4) is 0 Å². The fraction of sp³-hybridized carbons (Fsp3) is 0.789. The Morgan fingerprint density at radius 2 is 2.04 bits per heavy atom. The van der Waals surface area contributed by atoms with Crippen LogP contribution in [0.2, 0.25) is 0 Å². The molecule has 0 amide bonds. The van der Waals surface area contributed by atoms with Gasteiger partial charge in [0.1, 0.15) is 17.8 Å². The van der Waals surface area contributed by atoms with Crippen molar-refractivity contribution in [2.24, 2.45) is 5.92 Å². The third-order valence-corrected chi connectivity index (χ3v) is 5.56. The molecule has 2 fully saturated rings. The van der Waals surface area contributed by atoms with Gasteiger partial charge in [0.05, 0.1) is 6.10 Å². The maximum atomic E-state index is 10.7. The standard InChI is InChI=1S/C19H33NO4/c1-12(7-8-13(2)17(22)14(3)21)10-15-11-20-9-5-6-16(20)19(4,24)18(15)23/h8,10,12,14,16-18,21-24H,5-7,9,11H2,1-4H3/b13-8+,15-10+/t12-,14-,16+,17-,18-,19+/m0/s1. The van der Waals surface area contributed by atoms with Gasteiger partial charge < -0.3 is 20.4 Å². The lowest BCUT2D eigenvalue weighted by atomic mass is 9.80. The average Bonchev–Trinajstić information content (AvgIpc) is 2.98. The summed E-state index contributed by atoms with van der Waals surface area (Å²) in [5.74, 6) is 0.181. The van der Waals surface area contributed by atoms with Crippen LogP contribution in [0.5, 0.6) is 0 Å². The van der Waals surface area contributed by atoms with E-state index in [-0.39, 0.29) is 12.0 Å². The first-order chi connectivity index (χ1) is 11.1. The summed E-state index contributed by atoms with van der Waals surface area (Å²) in [5.41, 5.74) is 0.535. The first-order valence-corrected chi connectivity index (χ1v) is 9.02. The number of aliphatic hydroxyl groups is 4. The normalized spacial score (nSPS) is 37.3. The third kappa shape index (κ3) is 4.09. The van der Waals surface area contributed by atoms with Crippen molar-refractivity contribution in [1.29, 1.82) is 0 Å². The van der Waals surface area contributed by atoms with Gasteiger partial charge in [-0.2, -0.15) is 0 Å². The Balaban J connectivity index is 2.05. The summed E-state index contributed by atoms with van der Waals surface area (Å²) in [6.45, 7) is 8.86. The highest BCUT2D eigenvalue weighted by molar-refractivity contribution is 5.24. The minimum Gasteiger partial charge on any atom is -0.390 e. The van der Waals surface area contributed by atoms with Crippen LogP contribution in [-0.2, 0) is 0 Å². The zero-order valence-corrected chi connectivity index (χ0v) is 15.3. The van der Waals surface area contributed by atoms with Crippen LogP contribution in [0, 0.1) is 5.92 Å². The number of rotatable bonds is 5. The molecular weight excluding hydrogens is 306 g/mol. The number of hydrogen-bond donors (Lipinski definition) is 4. The molecule has 2 saturated heterocycles. The second kappa shape index (κ2) is 7.67. The van der Waals surface area contributed by atoms with Crippen molar-refractivity contribution in [3.05, 3.63) is 23.3 Å². The van der Waals surface area contributed by atoms with E-state index in [0.29, 0.717) is 6.54 Å². The van der Waals surface area contributed by atoms with Gasteiger partial charge in [-0.25, -0.2) is 0 Å². The Morgan fingerprint density at radius 3 is 2.67 bits per heavy atom. The third-order valence-electron chi connectivity index (χ3n) is 5.56. The van der Waals surface area contributed by atoms with Crippen LogP contribution in [0.25, 0.3) is 0 Å². The van der Waals surface area contributed by atoms with Gasteiger partial charge in [0.25, 0.3) is 0 Å². The molecule has 0 aliphatic carbocycles. The second-order valence-corrected chi connectivity index (χ2v) is 7.85. The van der Waals surface area contributed by atoms with Crippen molar-refractivity contribution in [3.8, 4) is 0 Å². The number of aliphatic hydroxyl groups excluding tert-OH is 3. The highest BCUT2D eigenvalue weighted by atomic mass is 16.3. The topological polar surface area (TPSA) is 84.2 Å². The summed E-state index contributed by atoms with van der Waals surface area (Å²) in [6.07, 6.45) is 4.26. The van der Waals surface area contributed by atoms with Gasteiger partial charge in [0.2, 0.25) is 0 Å². The van der Waals surface area contributed by atoms with E-state index in [4.69, 9.17) is 0 Å². The molecule has 0 aromatic rings. The maximum Gasteiger partial charge on any atom is 0.107 e. The molecule has 2 rings (SSSR count). The molecule has 138 valence electrons. The molecule has 5 nitrogen and oxygen atoms in total. The monoisotopic (exact) mass is 339 g/mol. The highest BCUT2D eigenvalue weighted by Crippen LogP contribution is 2.37. The van der Waals surface area contributed by atoms with Gasteiger partial charge >= 0.3 is 0 Å². The average molecular weight is 339 g/mol. The van der Waals surface area contributed by atoms with E-state index in [1.54, 1.807) is 13.8 Å². The molecule has 0 spiro atoms. The molecule has 4 N–H and O–H groups in total. The molecule has 0 saturated carbocycles. The van der Waals surface area contributed by atoms with Crippen molar-refractivity contribution in [1.82, 2.24) is 4.90 Å². The van der Waals surface area contributed by atoms with Crippen molar-refractivity contribution >= 4 is 0 Å². The van der Waals surface area contributed by atoms with Crippen LogP contribution < -0.4 is 0 Å². The molecule has 6 atom stereocenters. The number of allylic oxidation sites excluding steroid dienone is 2. The van der Waals surface area contributed by atoms with Crippen LogP contribution in [0.15, 0.2) is 23.3 Å². The van der Waals surface area contributed by atoms with Gasteiger partial charge in [-0.1, -0.05) is 19.1 Å². The van der Waals surface area contributed by atoms with Gasteiger partial charge in [0, 0.05) is 12.6 Å². The lowest BCUT2D eigenvalue weighted by Gasteiger charge is -2.46. The summed E-state index contributed by atoms with van der Waals surface area (Å²) in [7, 11) is 0. The predicted molar refractivity (Wildman–Crippen MR) is 94.5 cm³/mol. The number of nitrogens with zero attached hydrogens (tertiary/aromatic N) is 1. The molecular formula is C19H33NO4. The summed E-state index contributed by atoms with van der Waals surface area (Å²) >= 11 is 0. The van der Waals surface area contributed by atoms with Gasteiger partial charge in [0.15, 0.2) is 0 Å². The zero-order valence-electron chi connectivity index (χ0n) is 15.3. The Kier molecular flexibility index (Phi) is 6.26. The Hall–Kier alpha value is -0.720. The largest absolute Gasteiger partial charge is 0.390 e. The molecule has 5 heteroatoms. The molecule has 0 aromatic heterocycles. The van der Waals surface area contributed by atoms with E-state index in [2.05, 4.69) is 11.8 Å². The van der Waals surface area contributed by atoms with E-state index in [0.717, 1.165) is 37.0 Å². The van der Waals surface area contributed by atoms with Gasteiger partial charge in [-0.3, -0.25) is 4.90 Å². The van der Waals surface area contributed by atoms with E-state index in [9.17, 15) is 20.4 Å². The van der Waals surface area contributed by atoms with E-state index < -0.39 is 23.9 Å². The van der Waals surface area contributed by atoms with Gasteiger partial charge in [-0.15, -0.1) is 0 Å². The van der Waals surface area contributed by atoms with Crippen molar-refractivity contribution in [3.63, 3.8) is 0 Å². The van der Waals surface area contributed by atoms with Crippen molar-refractivity contribution in [2.75, 3.05) is 13.1 Å². The molecule has 0 aromatic carbocycles. The predicted octanol–water partition coefficient (Wildman–Crippen LogP) is 1.22. The van der Waals surface area contributed by atoms with E-state index in [1.807, 2.05) is 19.1 Å². The summed E-state index contributed by atoms with van der Waals surface area (Å²) in [6, 6.07) is 0.0447. The van der Waals surface area contributed by atoms with Gasteiger partial charge in [-0.05, 0) is 63.6 Å². The molecule has 2 aliphatic heterocycles. The Labute approximate surface area is 145 Å². The minimum atomic E-state index is -1.10. The SMILES string of the molecule is C/C(=C\C[C@H](C)/C=C1\CN2CCC[C@@H]2[C@@](C)(O)[C@H]1O)[C@H](O)[C@H](C)O. The minimum absolute atomic E-state index is 0.0447. The number of fused-ring (bicyclic) bond motifs is 1. The second-order valence-electron chi connectivity index (χ2n) is 7.85. The number of piperidine rings is 1. The summed E-state index contributed by atoms with van der Waals surface area (Å²) in [4.78, 5) is 2.27. The fourth-order valence-electron chi connectivity index (χ4n) is 4.01. The molecule has 0 bridgehead atoms. The summed E-state index contributed by atoms with van der Waals surface area (Å²) < 4.78 is 0. The first kappa shape index (κ1) is 19.6. The van der Waals surface area contributed by atoms with Crippen molar-refractivity contribution < 1.29 is 20.4 Å². The van der Waals surface area contributed by atoms with Crippen molar-refractivity contribution in [2.45, 2.75) is 76.9 Å². The quantitative estimate of drug-likeness (QED) is 0.566. The lowest BCUT2D eigenvalue weighted by molar-refractivity contribution is -0.110. The lowest BCUT2D eigenvalue weighted by Crippen LogP contribution is -2.61. The van der Waals surface area contributed by atoms with Crippen LogP contribution in [-0.4, -0.2) is 68.4 Å². The van der Waals surface area contributed by atoms with E-state index >= 15 is 0 Å².